The molecule has 0 radical (unpaired) electrons. The van der Waals surface area contributed by atoms with Gasteiger partial charge in [0.15, 0.2) is 5.96 Å². The molecule has 0 amide bonds. The van der Waals surface area contributed by atoms with Crippen molar-refractivity contribution < 1.29 is 9.47 Å². The van der Waals surface area contributed by atoms with Crippen LogP contribution in [0.3, 0.4) is 0 Å². The highest BCUT2D eigenvalue weighted by Gasteiger charge is 2.21. The Kier molecular flexibility index (Phi) is 9.31. The van der Waals surface area contributed by atoms with Gasteiger partial charge in [-0.05, 0) is 37.3 Å². The van der Waals surface area contributed by atoms with Gasteiger partial charge in [0.25, 0.3) is 0 Å². The molecule has 0 aliphatic heterocycles. The Balaban J connectivity index is 0.00000264. The zero-order chi connectivity index (χ0) is 15.8. The van der Waals surface area contributed by atoms with Gasteiger partial charge in [-0.2, -0.15) is 0 Å². The number of aryl methyl sites for hydroxylation is 1. The van der Waals surface area contributed by atoms with Crippen LogP contribution in [0.1, 0.15) is 24.0 Å². The minimum absolute atomic E-state index is 0. The molecule has 1 aromatic carbocycles. The van der Waals surface area contributed by atoms with Crippen molar-refractivity contribution in [3.8, 4) is 5.75 Å². The Morgan fingerprint density at radius 3 is 2.70 bits per heavy atom. The molecule has 1 saturated carbocycles. The molecule has 0 bridgehead atoms. The summed E-state index contributed by atoms with van der Waals surface area (Å²) in [4.78, 5) is 4.26. The lowest BCUT2D eigenvalue weighted by Gasteiger charge is -2.15. The fourth-order valence-corrected chi connectivity index (χ4v) is 2.14. The van der Waals surface area contributed by atoms with Crippen molar-refractivity contribution >= 4 is 29.9 Å². The van der Waals surface area contributed by atoms with E-state index in [0.29, 0.717) is 19.8 Å². The molecule has 2 rings (SSSR count). The molecule has 23 heavy (non-hydrogen) atoms. The van der Waals surface area contributed by atoms with E-state index >= 15 is 0 Å². The van der Waals surface area contributed by atoms with Crippen molar-refractivity contribution in [1.82, 2.24) is 10.6 Å². The van der Waals surface area contributed by atoms with Crippen molar-refractivity contribution in [3.05, 3.63) is 29.3 Å². The number of hydrogen-bond acceptors (Lipinski definition) is 3. The molecule has 130 valence electrons. The van der Waals surface area contributed by atoms with Gasteiger partial charge in [0.1, 0.15) is 12.4 Å². The summed E-state index contributed by atoms with van der Waals surface area (Å²) < 4.78 is 10.8. The van der Waals surface area contributed by atoms with Crippen molar-refractivity contribution in [2.75, 3.05) is 33.9 Å². The molecule has 5 nitrogen and oxygen atoms in total. The molecule has 0 unspecified atom stereocenters. The van der Waals surface area contributed by atoms with Crippen LogP contribution in [0.15, 0.2) is 23.2 Å². The van der Waals surface area contributed by atoms with E-state index < -0.39 is 0 Å². The number of nitrogens with zero attached hydrogens (tertiary/aromatic N) is 1. The van der Waals surface area contributed by atoms with Crippen molar-refractivity contribution in [3.63, 3.8) is 0 Å². The molecule has 0 aromatic heterocycles. The number of aliphatic imine (C=N–C) groups is 1. The second-order valence-corrected chi connectivity index (χ2v) is 5.70. The molecule has 2 N–H and O–H groups in total. The molecule has 1 aromatic rings. The predicted molar refractivity (Wildman–Crippen MR) is 105 cm³/mol. The van der Waals surface area contributed by atoms with Crippen LogP contribution in [-0.4, -0.2) is 39.9 Å². The number of halogens is 1. The zero-order valence-electron chi connectivity index (χ0n) is 14.2. The fraction of sp³-hybridized carbons (Fsp3) is 0.588. The minimum atomic E-state index is 0. The van der Waals surface area contributed by atoms with E-state index in [-0.39, 0.29) is 24.0 Å². The lowest BCUT2D eigenvalue weighted by Crippen LogP contribution is -2.37. The average Bonchev–Trinajstić information content (AvgIpc) is 3.33. The van der Waals surface area contributed by atoms with Gasteiger partial charge in [-0.3, -0.25) is 4.99 Å². The summed E-state index contributed by atoms with van der Waals surface area (Å²) in [6, 6.07) is 6.26. The Bertz CT molecular complexity index is 505. The van der Waals surface area contributed by atoms with Gasteiger partial charge in [-0.15, -0.1) is 24.0 Å². The third kappa shape index (κ3) is 7.39. The largest absolute Gasteiger partial charge is 0.491 e. The van der Waals surface area contributed by atoms with E-state index in [0.717, 1.165) is 29.7 Å². The number of guanidine groups is 1. The summed E-state index contributed by atoms with van der Waals surface area (Å²) in [6.45, 7) is 4.90. The van der Waals surface area contributed by atoms with Crippen LogP contribution in [0, 0.1) is 12.8 Å². The summed E-state index contributed by atoms with van der Waals surface area (Å²) >= 11 is 0. The van der Waals surface area contributed by atoms with Crippen LogP contribution >= 0.6 is 24.0 Å². The van der Waals surface area contributed by atoms with Gasteiger partial charge in [0.05, 0.1) is 6.61 Å². The van der Waals surface area contributed by atoms with E-state index in [2.05, 4.69) is 40.7 Å². The van der Waals surface area contributed by atoms with E-state index in [1.54, 1.807) is 14.2 Å². The average molecular weight is 433 g/mol. The van der Waals surface area contributed by atoms with Gasteiger partial charge in [0, 0.05) is 32.8 Å². The Labute approximate surface area is 156 Å². The summed E-state index contributed by atoms with van der Waals surface area (Å²) in [5.74, 6) is 2.57. The molecule has 1 fully saturated rings. The maximum absolute atomic E-state index is 5.81. The molecular formula is C17H28IN3O2. The quantitative estimate of drug-likeness (QED) is 0.287. The second kappa shape index (κ2) is 10.7. The zero-order valence-corrected chi connectivity index (χ0v) is 16.6. The maximum atomic E-state index is 5.81. The molecule has 1 aliphatic carbocycles. The third-order valence-electron chi connectivity index (χ3n) is 3.69. The van der Waals surface area contributed by atoms with Gasteiger partial charge in [-0.1, -0.05) is 12.1 Å². The Hall–Kier alpha value is -1.02. The first-order valence-electron chi connectivity index (χ1n) is 7.88. The smallest absolute Gasteiger partial charge is 0.191 e. The summed E-state index contributed by atoms with van der Waals surface area (Å²) in [7, 11) is 3.48. The lowest BCUT2D eigenvalue weighted by molar-refractivity contribution is 0.145. The highest BCUT2D eigenvalue weighted by atomic mass is 127. The summed E-state index contributed by atoms with van der Waals surface area (Å²) in [6.07, 6.45) is 2.67. The van der Waals surface area contributed by atoms with Crippen LogP contribution in [0.5, 0.6) is 5.75 Å². The van der Waals surface area contributed by atoms with Gasteiger partial charge < -0.3 is 20.1 Å². The summed E-state index contributed by atoms with van der Waals surface area (Å²) in [5.41, 5.74) is 2.31. The third-order valence-corrected chi connectivity index (χ3v) is 3.69. The van der Waals surface area contributed by atoms with E-state index in [9.17, 15) is 0 Å². The first kappa shape index (κ1) is 20.0. The molecule has 0 heterocycles. The van der Waals surface area contributed by atoms with E-state index in [4.69, 9.17) is 9.47 Å². The topological polar surface area (TPSA) is 54.9 Å². The van der Waals surface area contributed by atoms with Crippen LogP contribution in [0.25, 0.3) is 0 Å². The molecular weight excluding hydrogens is 405 g/mol. The van der Waals surface area contributed by atoms with Crippen molar-refractivity contribution in [1.29, 1.82) is 0 Å². The Morgan fingerprint density at radius 1 is 1.26 bits per heavy atom. The standard InChI is InChI=1S/C17H27N3O2.HI/c1-13-4-7-15(16(10-13)22-9-8-21-3)12-20-17(18-2)19-11-14-5-6-14;/h4,7,10,14H,5-6,8-9,11-12H2,1-3H3,(H2,18,19,20);1H. The first-order valence-corrected chi connectivity index (χ1v) is 7.88. The van der Waals surface area contributed by atoms with E-state index in [1.807, 2.05) is 0 Å². The number of rotatable bonds is 8. The second-order valence-electron chi connectivity index (χ2n) is 5.70. The van der Waals surface area contributed by atoms with Crippen LogP contribution in [0.4, 0.5) is 0 Å². The monoisotopic (exact) mass is 433 g/mol. The predicted octanol–water partition coefficient (Wildman–Crippen LogP) is 2.71. The number of hydrogen-bond donors (Lipinski definition) is 2. The number of methoxy groups -OCH3 is 1. The maximum Gasteiger partial charge on any atom is 0.191 e. The van der Waals surface area contributed by atoms with Gasteiger partial charge in [-0.25, -0.2) is 0 Å². The van der Waals surface area contributed by atoms with Crippen LogP contribution in [0.2, 0.25) is 0 Å². The summed E-state index contributed by atoms with van der Waals surface area (Å²) in [5, 5.41) is 6.71. The number of nitrogens with one attached hydrogen (secondary N) is 2. The SMILES string of the molecule is CN=C(NCc1ccc(C)cc1OCCOC)NCC1CC1.I. The van der Waals surface area contributed by atoms with Crippen LogP contribution in [-0.2, 0) is 11.3 Å². The normalized spacial score (nSPS) is 14.1. The Morgan fingerprint density at radius 2 is 2.04 bits per heavy atom. The first-order chi connectivity index (χ1) is 10.7. The van der Waals surface area contributed by atoms with Crippen molar-refractivity contribution in [2.45, 2.75) is 26.3 Å². The number of ether oxygens (including phenoxy) is 2. The minimum Gasteiger partial charge on any atom is -0.491 e. The highest BCUT2D eigenvalue weighted by Crippen LogP contribution is 2.27. The molecule has 0 atom stereocenters. The molecule has 1 aliphatic rings. The number of benzene rings is 1. The fourth-order valence-electron chi connectivity index (χ4n) is 2.14. The van der Waals surface area contributed by atoms with Crippen molar-refractivity contribution in [2.24, 2.45) is 10.9 Å². The van der Waals surface area contributed by atoms with Gasteiger partial charge in [0.2, 0.25) is 0 Å². The lowest BCUT2D eigenvalue weighted by atomic mass is 10.1. The molecule has 0 spiro atoms. The highest BCUT2D eigenvalue weighted by molar-refractivity contribution is 14.0. The van der Waals surface area contributed by atoms with E-state index in [1.165, 1.54) is 18.4 Å². The molecule has 6 heteroatoms. The molecule has 0 saturated heterocycles. The van der Waals surface area contributed by atoms with Crippen LogP contribution < -0.4 is 15.4 Å². The van der Waals surface area contributed by atoms with Gasteiger partial charge >= 0.3 is 0 Å².